The first-order chi connectivity index (χ1) is 8.06. The number of fused-ring (bicyclic) bond motifs is 1. The molecule has 1 unspecified atom stereocenters. The molecule has 1 saturated carbocycles. The zero-order valence-corrected chi connectivity index (χ0v) is 11.6. The Morgan fingerprint density at radius 1 is 1.47 bits per heavy atom. The van der Waals surface area contributed by atoms with Gasteiger partial charge in [0, 0.05) is 17.3 Å². The van der Waals surface area contributed by atoms with Crippen LogP contribution in [0, 0.1) is 5.92 Å². The third-order valence-electron chi connectivity index (χ3n) is 3.83. The topological polar surface area (TPSA) is 29.5 Å². The van der Waals surface area contributed by atoms with E-state index in [-0.39, 0.29) is 0 Å². The van der Waals surface area contributed by atoms with Crippen LogP contribution in [-0.2, 0) is 12.8 Å². The lowest BCUT2D eigenvalue weighted by molar-refractivity contribution is 0.0366. The van der Waals surface area contributed by atoms with Crippen LogP contribution in [0.3, 0.4) is 0 Å². The van der Waals surface area contributed by atoms with Gasteiger partial charge in [0.05, 0.1) is 12.2 Å². The lowest BCUT2D eigenvalue weighted by atomic mass is 9.90. The van der Waals surface area contributed by atoms with Crippen LogP contribution in [0.5, 0.6) is 5.75 Å². The molecule has 3 heteroatoms. The highest BCUT2D eigenvalue weighted by Gasteiger charge is 2.40. The normalized spacial score (nSPS) is 21.8. The number of hydrogen-bond acceptors (Lipinski definition) is 2. The van der Waals surface area contributed by atoms with Gasteiger partial charge in [-0.2, -0.15) is 0 Å². The van der Waals surface area contributed by atoms with Crippen LogP contribution in [0.4, 0.5) is 0 Å². The lowest BCUT2D eigenvalue weighted by Gasteiger charge is -2.24. The largest absolute Gasteiger partial charge is 0.493 e. The molecule has 1 aliphatic carbocycles. The van der Waals surface area contributed by atoms with Crippen molar-refractivity contribution in [3.05, 3.63) is 27.7 Å². The van der Waals surface area contributed by atoms with E-state index in [0.29, 0.717) is 12.3 Å². The van der Waals surface area contributed by atoms with E-state index in [1.165, 1.54) is 5.56 Å². The van der Waals surface area contributed by atoms with Gasteiger partial charge in [0.25, 0.3) is 0 Å². The Hall–Kier alpha value is -0.540. The maximum Gasteiger partial charge on any atom is 0.125 e. The SMILES string of the molecule is CC(O)(Cc1cc(Br)cc2c1OCC2)C1CC1. The van der Waals surface area contributed by atoms with Gasteiger partial charge >= 0.3 is 0 Å². The summed E-state index contributed by atoms with van der Waals surface area (Å²) in [6.07, 6.45) is 3.99. The average molecular weight is 297 g/mol. The fraction of sp³-hybridized carbons (Fsp3) is 0.571. The second kappa shape index (κ2) is 3.99. The molecule has 0 spiro atoms. The number of rotatable bonds is 3. The van der Waals surface area contributed by atoms with Crippen molar-refractivity contribution in [2.75, 3.05) is 6.61 Å². The maximum absolute atomic E-state index is 10.5. The summed E-state index contributed by atoms with van der Waals surface area (Å²) in [7, 11) is 0. The highest BCUT2D eigenvalue weighted by Crippen LogP contribution is 2.43. The van der Waals surface area contributed by atoms with Crippen molar-refractivity contribution in [3.63, 3.8) is 0 Å². The lowest BCUT2D eigenvalue weighted by Crippen LogP contribution is -2.29. The highest BCUT2D eigenvalue weighted by atomic mass is 79.9. The van der Waals surface area contributed by atoms with Gasteiger partial charge in [0.1, 0.15) is 5.75 Å². The Morgan fingerprint density at radius 2 is 2.24 bits per heavy atom. The molecule has 17 heavy (non-hydrogen) atoms. The predicted molar refractivity (Wildman–Crippen MR) is 70.4 cm³/mol. The smallest absolute Gasteiger partial charge is 0.125 e. The van der Waals surface area contributed by atoms with Crippen LogP contribution >= 0.6 is 15.9 Å². The van der Waals surface area contributed by atoms with E-state index in [1.54, 1.807) is 0 Å². The first-order valence-electron chi connectivity index (χ1n) is 6.23. The average Bonchev–Trinajstić information content (AvgIpc) is 2.99. The minimum Gasteiger partial charge on any atom is -0.493 e. The Balaban J connectivity index is 1.92. The number of hydrogen-bond donors (Lipinski definition) is 1. The van der Waals surface area contributed by atoms with Crippen molar-refractivity contribution in [2.45, 2.75) is 38.2 Å². The second-order valence-electron chi connectivity index (χ2n) is 5.46. The molecule has 0 amide bonds. The standard InChI is InChI=1S/C14H17BrO2/c1-14(16,11-2-3-11)8-10-7-12(15)6-9-4-5-17-13(9)10/h6-7,11,16H,2-5,8H2,1H3. The zero-order valence-electron chi connectivity index (χ0n) is 10.0. The molecule has 0 bridgehead atoms. The van der Waals surface area contributed by atoms with Crippen molar-refractivity contribution in [3.8, 4) is 5.75 Å². The van der Waals surface area contributed by atoms with Crippen molar-refractivity contribution < 1.29 is 9.84 Å². The predicted octanol–water partition coefficient (Wildman–Crippen LogP) is 3.09. The number of benzene rings is 1. The Bertz CT molecular complexity index is 450. The summed E-state index contributed by atoms with van der Waals surface area (Å²) >= 11 is 3.54. The fourth-order valence-electron chi connectivity index (χ4n) is 2.71. The van der Waals surface area contributed by atoms with Crippen LogP contribution in [0.25, 0.3) is 0 Å². The summed E-state index contributed by atoms with van der Waals surface area (Å²) in [5.41, 5.74) is 1.82. The molecule has 2 aliphatic rings. The molecule has 0 radical (unpaired) electrons. The summed E-state index contributed by atoms with van der Waals surface area (Å²) < 4.78 is 6.79. The molecule has 3 rings (SSSR count). The maximum atomic E-state index is 10.5. The molecule has 1 fully saturated rings. The molecule has 92 valence electrons. The summed E-state index contributed by atoms with van der Waals surface area (Å²) in [4.78, 5) is 0. The van der Waals surface area contributed by atoms with Gasteiger partial charge in [0.2, 0.25) is 0 Å². The van der Waals surface area contributed by atoms with Gasteiger partial charge in [-0.1, -0.05) is 15.9 Å². The summed E-state index contributed by atoms with van der Waals surface area (Å²) in [5, 5.41) is 10.5. The van der Waals surface area contributed by atoms with Gasteiger partial charge in [-0.25, -0.2) is 0 Å². The van der Waals surface area contributed by atoms with Crippen molar-refractivity contribution >= 4 is 15.9 Å². The minimum atomic E-state index is -0.583. The summed E-state index contributed by atoms with van der Waals surface area (Å²) in [5.74, 6) is 1.48. The summed E-state index contributed by atoms with van der Waals surface area (Å²) in [6.45, 7) is 2.72. The van der Waals surface area contributed by atoms with E-state index in [0.717, 1.165) is 41.7 Å². The van der Waals surface area contributed by atoms with E-state index in [2.05, 4.69) is 28.1 Å². The minimum absolute atomic E-state index is 0.471. The molecule has 0 aromatic heterocycles. The van der Waals surface area contributed by atoms with Gasteiger partial charge in [-0.3, -0.25) is 0 Å². The Kier molecular flexibility index (Phi) is 2.71. The van der Waals surface area contributed by atoms with Gasteiger partial charge in [0.15, 0.2) is 0 Å². The molecular weight excluding hydrogens is 280 g/mol. The molecule has 1 atom stereocenters. The highest BCUT2D eigenvalue weighted by molar-refractivity contribution is 9.10. The molecule has 1 N–H and O–H groups in total. The van der Waals surface area contributed by atoms with Crippen LogP contribution in [0.2, 0.25) is 0 Å². The molecule has 1 aliphatic heterocycles. The van der Waals surface area contributed by atoms with Crippen molar-refractivity contribution in [1.82, 2.24) is 0 Å². The quantitative estimate of drug-likeness (QED) is 0.929. The Labute approximate surface area is 110 Å². The third-order valence-corrected chi connectivity index (χ3v) is 4.29. The fourth-order valence-corrected chi connectivity index (χ4v) is 3.27. The van der Waals surface area contributed by atoms with E-state index >= 15 is 0 Å². The summed E-state index contributed by atoms with van der Waals surface area (Å²) in [6, 6.07) is 4.21. The van der Waals surface area contributed by atoms with Crippen molar-refractivity contribution in [2.24, 2.45) is 5.92 Å². The first-order valence-corrected chi connectivity index (χ1v) is 7.02. The third kappa shape index (κ3) is 2.23. The second-order valence-corrected chi connectivity index (χ2v) is 6.38. The molecule has 0 saturated heterocycles. The van der Waals surface area contributed by atoms with Crippen LogP contribution in [0.15, 0.2) is 16.6 Å². The molecule has 1 aromatic rings. The monoisotopic (exact) mass is 296 g/mol. The molecule has 1 heterocycles. The first kappa shape index (κ1) is 11.5. The van der Waals surface area contributed by atoms with E-state index in [1.807, 2.05) is 6.92 Å². The van der Waals surface area contributed by atoms with Gasteiger partial charge < -0.3 is 9.84 Å². The van der Waals surface area contributed by atoms with Crippen molar-refractivity contribution in [1.29, 1.82) is 0 Å². The van der Waals surface area contributed by atoms with Gasteiger partial charge in [-0.05, 0) is 48.9 Å². The van der Waals surface area contributed by atoms with E-state index < -0.39 is 5.60 Å². The van der Waals surface area contributed by atoms with Crippen LogP contribution < -0.4 is 4.74 Å². The number of halogens is 1. The zero-order chi connectivity index (χ0) is 12.0. The molecule has 2 nitrogen and oxygen atoms in total. The molecule has 1 aromatic carbocycles. The van der Waals surface area contributed by atoms with E-state index in [4.69, 9.17) is 4.74 Å². The van der Waals surface area contributed by atoms with Crippen LogP contribution in [0.1, 0.15) is 30.9 Å². The van der Waals surface area contributed by atoms with E-state index in [9.17, 15) is 5.11 Å². The number of ether oxygens (including phenoxy) is 1. The van der Waals surface area contributed by atoms with Gasteiger partial charge in [-0.15, -0.1) is 0 Å². The molecular formula is C14H17BrO2. The number of aliphatic hydroxyl groups is 1. The Morgan fingerprint density at radius 3 is 2.94 bits per heavy atom. The van der Waals surface area contributed by atoms with Crippen LogP contribution in [-0.4, -0.2) is 17.3 Å².